The van der Waals surface area contributed by atoms with Crippen molar-refractivity contribution in [1.29, 1.82) is 0 Å². The second-order valence-corrected chi connectivity index (χ2v) is 7.42. The molecule has 0 aliphatic heterocycles. The van der Waals surface area contributed by atoms with Crippen molar-refractivity contribution in [2.45, 2.75) is 40.0 Å². The van der Waals surface area contributed by atoms with Crippen molar-refractivity contribution >= 4 is 0 Å². The number of hydrogen-bond donors (Lipinski definition) is 1. The molecule has 0 amide bonds. The van der Waals surface area contributed by atoms with Gasteiger partial charge in [0.05, 0.1) is 0 Å². The third kappa shape index (κ3) is 5.34. The van der Waals surface area contributed by atoms with Gasteiger partial charge < -0.3 is 5.73 Å². The summed E-state index contributed by atoms with van der Waals surface area (Å²) in [6, 6.07) is 8.77. The van der Waals surface area contributed by atoms with Crippen LogP contribution in [0.1, 0.15) is 44.7 Å². The molecule has 0 fully saturated rings. The van der Waals surface area contributed by atoms with Crippen molar-refractivity contribution in [3.8, 4) is 0 Å². The van der Waals surface area contributed by atoms with E-state index in [4.69, 9.17) is 5.73 Å². The zero-order valence-electron chi connectivity index (χ0n) is 17.1. The van der Waals surface area contributed by atoms with Crippen molar-refractivity contribution in [1.82, 2.24) is 0 Å². The Kier molecular flexibility index (Phi) is 6.63. The standard InChI is InChI=1S/C26H31N/c1-8-23(16-18(4)21(7)27)26(25-13-14-25)19(5)15-22-9-11-24(12-10-22)20(6)17(2)3/h8-14,16,20H,1-2,5,15,27H2,3-4,6-7H3/b21-18+,23-16+/t20-/m0/s1. The van der Waals surface area contributed by atoms with Crippen LogP contribution in [-0.4, -0.2) is 0 Å². The first-order valence-electron chi connectivity index (χ1n) is 9.36. The molecule has 0 radical (unpaired) electrons. The first-order chi connectivity index (χ1) is 12.7. The van der Waals surface area contributed by atoms with Crippen LogP contribution in [0, 0.1) is 0 Å². The molecule has 0 spiro atoms. The summed E-state index contributed by atoms with van der Waals surface area (Å²) in [4.78, 5) is 0. The van der Waals surface area contributed by atoms with Gasteiger partial charge in [-0.15, -0.1) is 0 Å². The minimum absolute atomic E-state index is 0.375. The molecule has 1 aliphatic rings. The molecule has 27 heavy (non-hydrogen) atoms. The predicted molar refractivity (Wildman–Crippen MR) is 120 cm³/mol. The largest absolute Gasteiger partial charge is 0.402 e. The van der Waals surface area contributed by atoms with Gasteiger partial charge in [-0.2, -0.15) is 0 Å². The molecule has 1 aliphatic carbocycles. The monoisotopic (exact) mass is 357 g/mol. The lowest BCUT2D eigenvalue weighted by atomic mass is 9.89. The molecule has 1 atom stereocenters. The van der Waals surface area contributed by atoms with Gasteiger partial charge in [0, 0.05) is 11.6 Å². The minimum atomic E-state index is 0.375. The van der Waals surface area contributed by atoms with E-state index in [1.807, 2.05) is 19.9 Å². The van der Waals surface area contributed by atoms with Crippen LogP contribution in [0.5, 0.6) is 0 Å². The Bertz CT molecular complexity index is 871. The van der Waals surface area contributed by atoms with E-state index in [9.17, 15) is 0 Å². The van der Waals surface area contributed by atoms with E-state index in [2.05, 4.69) is 76.1 Å². The van der Waals surface area contributed by atoms with Crippen molar-refractivity contribution in [2.24, 2.45) is 5.73 Å². The molecule has 0 unspecified atom stereocenters. The SMILES string of the molecule is C=C/C(=C\C(C)=C(/C)N)C(C(=C)Cc1ccc([C@@H](C)C(=C)C)cc1)=C1C=C1. The second kappa shape index (κ2) is 8.73. The van der Waals surface area contributed by atoms with Gasteiger partial charge in [-0.1, -0.05) is 74.7 Å². The smallest absolute Gasteiger partial charge is 0.00787 e. The van der Waals surface area contributed by atoms with Crippen molar-refractivity contribution < 1.29 is 0 Å². The molecule has 0 saturated carbocycles. The Labute approximate surface area is 164 Å². The highest BCUT2D eigenvalue weighted by molar-refractivity contribution is 5.66. The number of benzene rings is 1. The quantitative estimate of drug-likeness (QED) is 0.407. The van der Waals surface area contributed by atoms with Gasteiger partial charge in [0.1, 0.15) is 0 Å². The summed E-state index contributed by atoms with van der Waals surface area (Å²) < 4.78 is 0. The molecule has 0 aromatic heterocycles. The Morgan fingerprint density at radius 3 is 2.11 bits per heavy atom. The third-order valence-electron chi connectivity index (χ3n) is 5.11. The topological polar surface area (TPSA) is 26.0 Å². The molecule has 2 N–H and O–H groups in total. The second-order valence-electron chi connectivity index (χ2n) is 7.42. The Hall–Kier alpha value is -2.80. The van der Waals surface area contributed by atoms with Gasteiger partial charge in [0.2, 0.25) is 0 Å². The first-order valence-corrected chi connectivity index (χ1v) is 9.36. The molecule has 0 saturated heterocycles. The van der Waals surface area contributed by atoms with Crippen LogP contribution < -0.4 is 5.73 Å². The van der Waals surface area contributed by atoms with Gasteiger partial charge >= 0.3 is 0 Å². The molecule has 1 aromatic carbocycles. The average Bonchev–Trinajstić information content (AvgIpc) is 3.45. The highest BCUT2D eigenvalue weighted by Crippen LogP contribution is 2.33. The van der Waals surface area contributed by atoms with Crippen molar-refractivity contribution in [3.63, 3.8) is 0 Å². The third-order valence-corrected chi connectivity index (χ3v) is 5.11. The molecule has 2 rings (SSSR count). The molecule has 1 nitrogen and oxygen atoms in total. The number of hydrogen-bond acceptors (Lipinski definition) is 1. The Balaban J connectivity index is 2.25. The summed E-state index contributed by atoms with van der Waals surface area (Å²) in [6.07, 6.45) is 9.01. The van der Waals surface area contributed by atoms with E-state index < -0.39 is 0 Å². The summed E-state index contributed by atoms with van der Waals surface area (Å²) in [5, 5.41) is 0. The highest BCUT2D eigenvalue weighted by atomic mass is 14.6. The summed E-state index contributed by atoms with van der Waals surface area (Å²) in [7, 11) is 0. The van der Waals surface area contributed by atoms with E-state index >= 15 is 0 Å². The summed E-state index contributed by atoms with van der Waals surface area (Å²) >= 11 is 0. The average molecular weight is 358 g/mol. The lowest BCUT2D eigenvalue weighted by Gasteiger charge is -2.15. The minimum Gasteiger partial charge on any atom is -0.402 e. The van der Waals surface area contributed by atoms with Crippen LogP contribution in [0.2, 0.25) is 0 Å². The van der Waals surface area contributed by atoms with Gasteiger partial charge in [0.15, 0.2) is 0 Å². The molecular weight excluding hydrogens is 326 g/mol. The van der Waals surface area contributed by atoms with Crippen molar-refractivity contribution in [2.75, 3.05) is 0 Å². The van der Waals surface area contributed by atoms with E-state index in [1.54, 1.807) is 0 Å². The van der Waals surface area contributed by atoms with Gasteiger partial charge in [-0.3, -0.25) is 0 Å². The molecule has 1 heteroatoms. The van der Waals surface area contributed by atoms with Crippen LogP contribution in [-0.2, 0) is 6.42 Å². The predicted octanol–water partition coefficient (Wildman–Crippen LogP) is 6.70. The van der Waals surface area contributed by atoms with E-state index in [-0.39, 0.29) is 0 Å². The molecule has 0 heterocycles. The maximum absolute atomic E-state index is 5.93. The zero-order chi connectivity index (χ0) is 20.1. The van der Waals surface area contributed by atoms with Gasteiger partial charge in [-0.05, 0) is 72.3 Å². The zero-order valence-corrected chi connectivity index (χ0v) is 17.1. The molecular formula is C26H31N. The van der Waals surface area contributed by atoms with Gasteiger partial charge in [-0.25, -0.2) is 0 Å². The van der Waals surface area contributed by atoms with Crippen LogP contribution in [0.4, 0.5) is 0 Å². The summed E-state index contributed by atoms with van der Waals surface area (Å²) in [5.74, 6) is 0.375. The maximum atomic E-state index is 5.93. The Morgan fingerprint density at radius 2 is 1.67 bits per heavy atom. The van der Waals surface area contributed by atoms with E-state index in [0.717, 1.165) is 34.4 Å². The normalized spacial score (nSPS) is 15.1. The van der Waals surface area contributed by atoms with Gasteiger partial charge in [0.25, 0.3) is 0 Å². The summed E-state index contributed by atoms with van der Waals surface area (Å²) in [5.41, 5.74) is 16.1. The molecule has 1 aromatic rings. The lowest BCUT2D eigenvalue weighted by molar-refractivity contribution is 0.897. The maximum Gasteiger partial charge on any atom is 0.00787 e. The fourth-order valence-electron chi connectivity index (χ4n) is 2.91. The highest BCUT2D eigenvalue weighted by Gasteiger charge is 2.16. The van der Waals surface area contributed by atoms with Crippen LogP contribution in [0.25, 0.3) is 0 Å². The number of rotatable bonds is 8. The van der Waals surface area contributed by atoms with Crippen LogP contribution in [0.3, 0.4) is 0 Å². The van der Waals surface area contributed by atoms with Crippen molar-refractivity contribution in [3.05, 3.63) is 119 Å². The summed E-state index contributed by atoms with van der Waals surface area (Å²) in [6.45, 7) is 20.6. The first kappa shape index (κ1) is 20.5. The van der Waals surface area contributed by atoms with E-state index in [1.165, 1.54) is 22.3 Å². The molecule has 140 valence electrons. The molecule has 0 bridgehead atoms. The van der Waals surface area contributed by atoms with Crippen LogP contribution in [0.15, 0.2) is 107 Å². The fourth-order valence-corrected chi connectivity index (χ4v) is 2.91. The number of nitrogens with two attached hydrogens (primary N) is 1. The lowest BCUT2D eigenvalue weighted by Crippen LogP contribution is -2.00. The van der Waals surface area contributed by atoms with Crippen LogP contribution >= 0.6 is 0 Å². The fraction of sp³-hybridized carbons (Fsp3) is 0.231. The Morgan fingerprint density at radius 1 is 1.07 bits per heavy atom. The number of allylic oxidation sites excluding steroid dienone is 11. The van der Waals surface area contributed by atoms with E-state index in [0.29, 0.717) is 5.92 Å².